The highest BCUT2D eigenvalue weighted by Gasteiger charge is 2.31. The largest absolute Gasteiger partial charge is 0.444 e. The van der Waals surface area contributed by atoms with Crippen LogP contribution in [-0.2, 0) is 4.74 Å². The molecule has 102 valence electrons. The van der Waals surface area contributed by atoms with E-state index in [-0.39, 0.29) is 37.2 Å². The van der Waals surface area contributed by atoms with Gasteiger partial charge in [0, 0.05) is 25.2 Å². The highest BCUT2D eigenvalue weighted by molar-refractivity contribution is 5.85. The Balaban J connectivity index is 0.00000256. The van der Waals surface area contributed by atoms with Gasteiger partial charge in [-0.05, 0) is 27.7 Å². The van der Waals surface area contributed by atoms with Crippen LogP contribution >= 0.6 is 12.4 Å². The maximum atomic E-state index is 11.9. The number of nitrogens with zero attached hydrogens (tertiary/aromatic N) is 1. The Morgan fingerprint density at radius 1 is 1.53 bits per heavy atom. The van der Waals surface area contributed by atoms with Gasteiger partial charge >= 0.3 is 6.09 Å². The number of carbonyl (C=O) groups excluding carboxylic acids is 1. The van der Waals surface area contributed by atoms with Crippen molar-refractivity contribution < 1.29 is 14.6 Å². The topological polar surface area (TPSA) is 61.8 Å². The van der Waals surface area contributed by atoms with Crippen LogP contribution in [0.4, 0.5) is 4.79 Å². The van der Waals surface area contributed by atoms with E-state index in [1.54, 1.807) is 4.90 Å². The van der Waals surface area contributed by atoms with Crippen LogP contribution in [0.3, 0.4) is 0 Å². The second kappa shape index (κ2) is 6.42. The number of ether oxygens (including phenoxy) is 1. The first-order valence-corrected chi connectivity index (χ1v) is 5.67. The highest BCUT2D eigenvalue weighted by atomic mass is 35.5. The van der Waals surface area contributed by atoms with E-state index in [4.69, 9.17) is 9.84 Å². The lowest BCUT2D eigenvalue weighted by Crippen LogP contribution is -2.59. The van der Waals surface area contributed by atoms with Gasteiger partial charge in [0.2, 0.25) is 0 Å². The molecule has 0 aromatic heterocycles. The molecule has 0 aromatic carbocycles. The number of hydrogen-bond donors (Lipinski definition) is 2. The number of nitrogens with one attached hydrogen (secondary N) is 1. The zero-order valence-electron chi connectivity index (χ0n) is 10.9. The number of aliphatic hydroxyl groups excluding tert-OH is 1. The van der Waals surface area contributed by atoms with Gasteiger partial charge in [-0.1, -0.05) is 0 Å². The molecule has 2 atom stereocenters. The van der Waals surface area contributed by atoms with Gasteiger partial charge in [-0.3, -0.25) is 0 Å². The van der Waals surface area contributed by atoms with Crippen molar-refractivity contribution in [2.24, 2.45) is 0 Å². The van der Waals surface area contributed by atoms with Crippen LogP contribution in [0.15, 0.2) is 0 Å². The van der Waals surface area contributed by atoms with E-state index in [2.05, 4.69) is 5.32 Å². The van der Waals surface area contributed by atoms with E-state index < -0.39 is 5.60 Å². The second-order valence-electron chi connectivity index (χ2n) is 5.27. The summed E-state index contributed by atoms with van der Waals surface area (Å²) in [5.41, 5.74) is -0.476. The Morgan fingerprint density at radius 2 is 2.12 bits per heavy atom. The van der Waals surface area contributed by atoms with Gasteiger partial charge in [0.1, 0.15) is 5.60 Å². The third-order valence-corrected chi connectivity index (χ3v) is 2.50. The van der Waals surface area contributed by atoms with Crippen molar-refractivity contribution in [3.05, 3.63) is 0 Å². The summed E-state index contributed by atoms with van der Waals surface area (Å²) in [6, 6.07) is 0.0429. The highest BCUT2D eigenvalue weighted by Crippen LogP contribution is 2.14. The van der Waals surface area contributed by atoms with E-state index in [9.17, 15) is 4.79 Å². The van der Waals surface area contributed by atoms with E-state index in [0.29, 0.717) is 13.1 Å². The normalized spacial score (nSPS) is 25.1. The maximum Gasteiger partial charge on any atom is 0.410 e. The summed E-state index contributed by atoms with van der Waals surface area (Å²) in [6.07, 6.45) is -0.306. The van der Waals surface area contributed by atoms with Crippen LogP contribution in [0.5, 0.6) is 0 Å². The fourth-order valence-electron chi connectivity index (χ4n) is 1.63. The minimum Gasteiger partial charge on any atom is -0.444 e. The fraction of sp³-hybridized carbons (Fsp3) is 0.909. The molecular weight excluding hydrogens is 244 g/mol. The molecule has 0 bridgehead atoms. The van der Waals surface area contributed by atoms with Crippen molar-refractivity contribution in [1.82, 2.24) is 10.2 Å². The van der Waals surface area contributed by atoms with Crippen LogP contribution in [-0.4, -0.2) is 53.5 Å². The van der Waals surface area contributed by atoms with E-state index >= 15 is 0 Å². The molecule has 1 aliphatic heterocycles. The molecule has 2 unspecified atom stereocenters. The zero-order chi connectivity index (χ0) is 12.3. The molecule has 2 N–H and O–H groups in total. The summed E-state index contributed by atoms with van der Waals surface area (Å²) in [6.45, 7) is 8.72. The molecule has 1 saturated heterocycles. The Kier molecular flexibility index (Phi) is 6.23. The van der Waals surface area contributed by atoms with Crippen molar-refractivity contribution in [2.75, 3.05) is 19.7 Å². The maximum absolute atomic E-state index is 11.9. The molecule has 1 heterocycles. The summed E-state index contributed by atoms with van der Waals surface area (Å²) in [5, 5.41) is 12.2. The third-order valence-electron chi connectivity index (χ3n) is 2.50. The molecule has 6 heteroatoms. The van der Waals surface area contributed by atoms with Crippen molar-refractivity contribution in [3.63, 3.8) is 0 Å². The monoisotopic (exact) mass is 266 g/mol. The number of carbonyl (C=O) groups is 1. The first kappa shape index (κ1) is 16.5. The fourth-order valence-corrected chi connectivity index (χ4v) is 1.63. The summed E-state index contributed by atoms with van der Waals surface area (Å²) < 4.78 is 5.32. The van der Waals surface area contributed by atoms with E-state index in [1.807, 2.05) is 27.7 Å². The van der Waals surface area contributed by atoms with Crippen LogP contribution in [0, 0.1) is 0 Å². The number of halogens is 1. The standard InChI is InChI=1S/C11H22N2O3.ClH/c1-8-5-12-9(7-14)6-13(8)10(15)16-11(2,3)4;/h8-9,12,14H,5-7H2,1-4H3;1H. The molecule has 0 saturated carbocycles. The Hall–Kier alpha value is -0.520. The molecule has 0 aliphatic carbocycles. The average Bonchev–Trinajstić information content (AvgIpc) is 2.15. The number of amides is 1. The van der Waals surface area contributed by atoms with Crippen LogP contribution in [0.2, 0.25) is 0 Å². The molecular formula is C11H23ClN2O3. The Bertz CT molecular complexity index is 256. The van der Waals surface area contributed by atoms with Gasteiger partial charge in [-0.2, -0.15) is 0 Å². The first-order valence-electron chi connectivity index (χ1n) is 5.67. The summed E-state index contributed by atoms with van der Waals surface area (Å²) >= 11 is 0. The lowest BCUT2D eigenvalue weighted by Gasteiger charge is -2.38. The molecule has 0 radical (unpaired) electrons. The van der Waals surface area contributed by atoms with E-state index in [0.717, 1.165) is 0 Å². The SMILES string of the molecule is CC1CNC(CO)CN1C(=O)OC(C)(C)C.Cl. The molecule has 17 heavy (non-hydrogen) atoms. The van der Waals surface area contributed by atoms with Crippen molar-refractivity contribution in [2.45, 2.75) is 45.4 Å². The predicted octanol–water partition coefficient (Wildman–Crippen LogP) is 0.998. The van der Waals surface area contributed by atoms with Crippen LogP contribution < -0.4 is 5.32 Å². The van der Waals surface area contributed by atoms with Gasteiger partial charge in [-0.25, -0.2) is 4.79 Å². The van der Waals surface area contributed by atoms with Gasteiger partial charge < -0.3 is 20.1 Å². The molecule has 5 nitrogen and oxygen atoms in total. The molecule has 1 rings (SSSR count). The lowest BCUT2D eigenvalue weighted by molar-refractivity contribution is 0.00688. The van der Waals surface area contributed by atoms with Gasteiger partial charge in [0.05, 0.1) is 6.61 Å². The smallest absolute Gasteiger partial charge is 0.410 e. The summed E-state index contributed by atoms with van der Waals surface area (Å²) in [7, 11) is 0. The molecule has 1 fully saturated rings. The van der Waals surface area contributed by atoms with Crippen LogP contribution in [0.25, 0.3) is 0 Å². The Labute approximate surface area is 109 Å². The number of piperazine rings is 1. The van der Waals surface area contributed by atoms with Gasteiger partial charge in [0.15, 0.2) is 0 Å². The van der Waals surface area contributed by atoms with Gasteiger partial charge in [0.25, 0.3) is 0 Å². The van der Waals surface area contributed by atoms with Crippen molar-refractivity contribution >= 4 is 18.5 Å². The molecule has 0 spiro atoms. The summed E-state index contributed by atoms with van der Waals surface area (Å²) in [5.74, 6) is 0. The van der Waals surface area contributed by atoms with E-state index in [1.165, 1.54) is 0 Å². The van der Waals surface area contributed by atoms with Gasteiger partial charge in [-0.15, -0.1) is 12.4 Å². The predicted molar refractivity (Wildman–Crippen MR) is 68.5 cm³/mol. The number of hydrogen-bond acceptors (Lipinski definition) is 4. The summed E-state index contributed by atoms with van der Waals surface area (Å²) in [4.78, 5) is 13.5. The van der Waals surface area contributed by atoms with Crippen molar-refractivity contribution in [1.29, 1.82) is 0 Å². The quantitative estimate of drug-likeness (QED) is 0.743. The second-order valence-corrected chi connectivity index (χ2v) is 5.27. The third kappa shape index (κ3) is 5.10. The molecule has 1 amide bonds. The zero-order valence-corrected chi connectivity index (χ0v) is 11.7. The Morgan fingerprint density at radius 3 is 2.59 bits per heavy atom. The number of rotatable bonds is 1. The first-order chi connectivity index (χ1) is 7.33. The minimum atomic E-state index is -0.476. The minimum absolute atomic E-state index is 0. The van der Waals surface area contributed by atoms with Crippen molar-refractivity contribution in [3.8, 4) is 0 Å². The molecule has 1 aliphatic rings. The number of aliphatic hydroxyl groups is 1. The molecule has 0 aromatic rings. The average molecular weight is 267 g/mol. The lowest BCUT2D eigenvalue weighted by atomic mass is 10.1. The van der Waals surface area contributed by atoms with Crippen LogP contribution in [0.1, 0.15) is 27.7 Å².